The van der Waals surface area contributed by atoms with E-state index in [0.717, 1.165) is 10.6 Å². The van der Waals surface area contributed by atoms with Gasteiger partial charge in [-0.2, -0.15) is 0 Å². The number of nitrogens with two attached hydrogens (primary N) is 1. The molecule has 1 aromatic carbocycles. The van der Waals surface area contributed by atoms with E-state index in [9.17, 15) is 9.18 Å². The first-order valence-corrected chi connectivity index (χ1v) is 8.84. The fourth-order valence-electron chi connectivity index (χ4n) is 2.56. The molecular formula is C16H18Cl2FN3O2S. The van der Waals surface area contributed by atoms with E-state index in [1.165, 1.54) is 23.5 Å². The van der Waals surface area contributed by atoms with Crippen molar-refractivity contribution in [2.24, 2.45) is 5.73 Å². The maximum absolute atomic E-state index is 13.3. The summed E-state index contributed by atoms with van der Waals surface area (Å²) in [5.41, 5.74) is 6.69. The molecule has 3 rings (SSSR count). The number of hydrogen-bond acceptors (Lipinski definition) is 5. The van der Waals surface area contributed by atoms with Crippen LogP contribution in [0, 0.1) is 5.82 Å². The second-order valence-corrected chi connectivity index (χ2v) is 6.80. The summed E-state index contributed by atoms with van der Waals surface area (Å²) in [6.45, 7) is 1.79. The number of morpholine rings is 1. The molecule has 9 heteroatoms. The van der Waals surface area contributed by atoms with Crippen LogP contribution in [0.15, 0.2) is 23.6 Å². The van der Waals surface area contributed by atoms with Crippen LogP contribution in [0.2, 0.25) is 5.02 Å². The van der Waals surface area contributed by atoms with E-state index in [1.54, 1.807) is 16.3 Å². The molecule has 1 aromatic heterocycles. The molecule has 2 N–H and O–H groups in total. The zero-order valence-corrected chi connectivity index (χ0v) is 15.7. The van der Waals surface area contributed by atoms with Crippen molar-refractivity contribution in [1.82, 2.24) is 9.88 Å². The highest BCUT2D eigenvalue weighted by atomic mass is 35.5. The van der Waals surface area contributed by atoms with Gasteiger partial charge >= 0.3 is 0 Å². The number of ether oxygens (including phenoxy) is 1. The van der Waals surface area contributed by atoms with Crippen LogP contribution in [0.5, 0.6) is 0 Å². The third-order valence-corrected chi connectivity index (χ3v) is 5.00. The monoisotopic (exact) mass is 405 g/mol. The van der Waals surface area contributed by atoms with E-state index >= 15 is 0 Å². The fraction of sp³-hybridized carbons (Fsp3) is 0.375. The van der Waals surface area contributed by atoms with E-state index < -0.39 is 5.82 Å². The first-order chi connectivity index (χ1) is 11.6. The van der Waals surface area contributed by atoms with Crippen molar-refractivity contribution in [3.63, 3.8) is 0 Å². The van der Waals surface area contributed by atoms with Crippen LogP contribution in [0.1, 0.15) is 27.2 Å². The van der Waals surface area contributed by atoms with Crippen LogP contribution >= 0.6 is 35.3 Å². The summed E-state index contributed by atoms with van der Waals surface area (Å²) in [7, 11) is 0. The van der Waals surface area contributed by atoms with Crippen molar-refractivity contribution in [3.8, 4) is 0 Å². The molecule has 1 aliphatic heterocycles. The molecule has 0 aliphatic carbocycles. The van der Waals surface area contributed by atoms with Gasteiger partial charge in [-0.1, -0.05) is 17.7 Å². The fourth-order valence-corrected chi connectivity index (χ4v) is 3.53. The van der Waals surface area contributed by atoms with Gasteiger partial charge in [0.05, 0.1) is 23.2 Å². The number of halogens is 3. The number of benzene rings is 1. The topological polar surface area (TPSA) is 68.5 Å². The highest BCUT2D eigenvalue weighted by Crippen LogP contribution is 2.27. The second kappa shape index (κ2) is 8.91. The average molecular weight is 406 g/mol. The van der Waals surface area contributed by atoms with Gasteiger partial charge in [-0.05, 0) is 24.2 Å². The second-order valence-electron chi connectivity index (χ2n) is 5.45. The van der Waals surface area contributed by atoms with Gasteiger partial charge in [0.15, 0.2) is 0 Å². The van der Waals surface area contributed by atoms with Crippen LogP contribution in [-0.4, -0.2) is 42.0 Å². The third kappa shape index (κ3) is 4.68. The SMILES string of the molecule is Cl.NCCc1nc(C(=O)N2CCOC(c3ccc(F)c(Cl)c3)C2)cs1. The lowest BCUT2D eigenvalue weighted by atomic mass is 10.1. The Bertz CT molecular complexity index is 744. The average Bonchev–Trinajstić information content (AvgIpc) is 3.06. The molecule has 1 atom stereocenters. The lowest BCUT2D eigenvalue weighted by Gasteiger charge is -2.32. The standard InChI is InChI=1S/C16H17ClFN3O2S.ClH/c17-11-7-10(1-2-12(11)18)14-8-21(5-6-23-14)16(22)13-9-24-15(20-13)3-4-19;/h1-2,7,9,14H,3-6,8,19H2;1H. The summed E-state index contributed by atoms with van der Waals surface area (Å²) in [4.78, 5) is 18.6. The largest absolute Gasteiger partial charge is 0.370 e. The highest BCUT2D eigenvalue weighted by Gasteiger charge is 2.27. The minimum absolute atomic E-state index is 0. The van der Waals surface area contributed by atoms with Gasteiger partial charge in [-0.15, -0.1) is 23.7 Å². The number of hydrogen-bond donors (Lipinski definition) is 1. The van der Waals surface area contributed by atoms with Gasteiger partial charge in [0.2, 0.25) is 0 Å². The molecule has 0 radical (unpaired) electrons. The lowest BCUT2D eigenvalue weighted by Crippen LogP contribution is -2.42. The van der Waals surface area contributed by atoms with Crippen LogP contribution in [0.3, 0.4) is 0 Å². The van der Waals surface area contributed by atoms with E-state index in [4.69, 9.17) is 22.1 Å². The van der Waals surface area contributed by atoms with Gasteiger partial charge in [0, 0.05) is 18.3 Å². The summed E-state index contributed by atoms with van der Waals surface area (Å²) in [5.74, 6) is -0.602. The maximum Gasteiger partial charge on any atom is 0.273 e. The van der Waals surface area contributed by atoms with E-state index in [-0.39, 0.29) is 29.4 Å². The van der Waals surface area contributed by atoms with Crippen molar-refractivity contribution in [2.75, 3.05) is 26.2 Å². The lowest BCUT2D eigenvalue weighted by molar-refractivity contribution is -0.0230. The summed E-state index contributed by atoms with van der Waals surface area (Å²) in [5, 5.41) is 2.66. The molecule has 2 aromatic rings. The molecule has 1 unspecified atom stereocenters. The van der Waals surface area contributed by atoms with E-state index in [0.29, 0.717) is 38.4 Å². The molecule has 25 heavy (non-hydrogen) atoms. The molecule has 1 saturated heterocycles. The number of nitrogens with zero attached hydrogens (tertiary/aromatic N) is 2. The maximum atomic E-state index is 13.3. The summed E-state index contributed by atoms with van der Waals surface area (Å²) in [6.07, 6.45) is 0.334. The summed E-state index contributed by atoms with van der Waals surface area (Å²) >= 11 is 7.27. The number of thiazole rings is 1. The normalized spacial score (nSPS) is 17.2. The van der Waals surface area contributed by atoms with Crippen molar-refractivity contribution >= 4 is 41.3 Å². The van der Waals surface area contributed by atoms with Crippen molar-refractivity contribution in [1.29, 1.82) is 0 Å². The van der Waals surface area contributed by atoms with Crippen molar-refractivity contribution in [2.45, 2.75) is 12.5 Å². The van der Waals surface area contributed by atoms with Crippen LogP contribution in [0.25, 0.3) is 0 Å². The molecule has 1 aliphatic rings. The Hall–Kier alpha value is -1.25. The Morgan fingerprint density at radius 1 is 1.52 bits per heavy atom. The smallest absolute Gasteiger partial charge is 0.273 e. The zero-order chi connectivity index (χ0) is 17.1. The molecule has 1 amide bonds. The minimum Gasteiger partial charge on any atom is -0.370 e. The van der Waals surface area contributed by atoms with Crippen molar-refractivity contribution < 1.29 is 13.9 Å². The molecule has 0 spiro atoms. The third-order valence-electron chi connectivity index (χ3n) is 3.80. The number of amides is 1. The molecule has 5 nitrogen and oxygen atoms in total. The number of aromatic nitrogens is 1. The highest BCUT2D eigenvalue weighted by molar-refractivity contribution is 7.09. The van der Waals surface area contributed by atoms with Crippen LogP contribution in [0.4, 0.5) is 4.39 Å². The Morgan fingerprint density at radius 3 is 3.04 bits per heavy atom. The molecule has 0 bridgehead atoms. The Morgan fingerprint density at radius 2 is 2.32 bits per heavy atom. The molecular weight excluding hydrogens is 388 g/mol. The predicted octanol–water partition coefficient (Wildman–Crippen LogP) is 3.07. The van der Waals surface area contributed by atoms with E-state index in [2.05, 4.69) is 4.98 Å². The van der Waals surface area contributed by atoms with Gasteiger partial charge < -0.3 is 15.4 Å². The predicted molar refractivity (Wildman–Crippen MR) is 98.1 cm³/mol. The van der Waals surface area contributed by atoms with Gasteiger partial charge in [-0.3, -0.25) is 4.79 Å². The first-order valence-electron chi connectivity index (χ1n) is 7.59. The first kappa shape index (κ1) is 20.1. The number of rotatable bonds is 4. The van der Waals surface area contributed by atoms with Crippen LogP contribution < -0.4 is 5.73 Å². The van der Waals surface area contributed by atoms with Gasteiger partial charge in [0.25, 0.3) is 5.91 Å². The summed E-state index contributed by atoms with van der Waals surface area (Å²) in [6, 6.07) is 4.47. The molecule has 136 valence electrons. The number of carbonyl (C=O) groups is 1. The zero-order valence-electron chi connectivity index (χ0n) is 13.3. The molecule has 2 heterocycles. The molecule has 0 saturated carbocycles. The Kier molecular flexibility index (Phi) is 7.15. The summed E-state index contributed by atoms with van der Waals surface area (Å²) < 4.78 is 19.0. The van der Waals surface area contributed by atoms with E-state index in [1.807, 2.05) is 0 Å². The molecule has 1 fully saturated rings. The quantitative estimate of drug-likeness (QED) is 0.848. The minimum atomic E-state index is -0.473. The van der Waals surface area contributed by atoms with Crippen molar-refractivity contribution in [3.05, 3.63) is 50.7 Å². The van der Waals surface area contributed by atoms with Crippen LogP contribution in [-0.2, 0) is 11.2 Å². The number of carbonyl (C=O) groups excluding carboxylic acids is 1. The van der Waals surface area contributed by atoms with Gasteiger partial charge in [-0.25, -0.2) is 9.37 Å². The Labute approximate surface area is 160 Å². The van der Waals surface area contributed by atoms with Gasteiger partial charge in [0.1, 0.15) is 17.6 Å². The Balaban J connectivity index is 0.00000225.